The van der Waals surface area contributed by atoms with E-state index in [9.17, 15) is 14.5 Å². The maximum absolute atomic E-state index is 11.7. The maximum atomic E-state index is 11.7. The first-order valence-electron chi connectivity index (χ1n) is 13.3. The van der Waals surface area contributed by atoms with Crippen molar-refractivity contribution in [2.75, 3.05) is 22.7 Å². The molecule has 0 saturated heterocycles. The van der Waals surface area contributed by atoms with Crippen molar-refractivity contribution in [2.24, 2.45) is 5.92 Å². The van der Waals surface area contributed by atoms with Crippen molar-refractivity contribution in [3.63, 3.8) is 0 Å². The molecule has 0 aliphatic heterocycles. The van der Waals surface area contributed by atoms with Crippen molar-refractivity contribution in [1.29, 1.82) is 0 Å². The predicted molar refractivity (Wildman–Crippen MR) is 152 cm³/mol. The number of nitrogens with zero attached hydrogens (tertiary/aromatic N) is 5. The molecule has 0 amide bonds. The number of imidazole rings is 1. The highest BCUT2D eigenvalue weighted by Gasteiger charge is 2.31. The number of hydrogen-bond acceptors (Lipinski definition) is 11. The van der Waals surface area contributed by atoms with Gasteiger partial charge in [-0.2, -0.15) is 9.97 Å². The second-order valence-electron chi connectivity index (χ2n) is 10.2. The summed E-state index contributed by atoms with van der Waals surface area (Å²) >= 11 is 0. The van der Waals surface area contributed by atoms with Crippen LogP contribution in [0.1, 0.15) is 46.1 Å². The van der Waals surface area contributed by atoms with Gasteiger partial charge in [-0.3, -0.25) is 14.6 Å². The van der Waals surface area contributed by atoms with Crippen molar-refractivity contribution in [3.05, 3.63) is 48.8 Å². The number of anilines is 3. The van der Waals surface area contributed by atoms with Gasteiger partial charge in [-0.1, -0.05) is 30.4 Å². The zero-order chi connectivity index (χ0) is 29.7. The largest absolute Gasteiger partial charge is 0.527 e. The molecular weight excluding hydrogens is 553 g/mol. The summed E-state index contributed by atoms with van der Waals surface area (Å²) in [6, 6.07) is 8.38. The third-order valence-corrected chi connectivity index (χ3v) is 6.75. The number of carbonyl (C=O) groups is 1. The van der Waals surface area contributed by atoms with Crippen molar-refractivity contribution in [2.45, 2.75) is 64.3 Å². The normalized spacial score (nSPS) is 19.1. The third-order valence-electron chi connectivity index (χ3n) is 6.34. The van der Waals surface area contributed by atoms with Crippen LogP contribution in [0.15, 0.2) is 48.8 Å². The average Bonchev–Trinajstić information content (AvgIpc) is 3.42. The van der Waals surface area contributed by atoms with Crippen LogP contribution in [-0.2, 0) is 18.7 Å². The fraction of sp³-hybridized carbons (Fsp3) is 0.462. The minimum absolute atomic E-state index is 0.162. The van der Waals surface area contributed by atoms with Crippen molar-refractivity contribution >= 4 is 42.4 Å². The van der Waals surface area contributed by atoms with E-state index in [1.54, 1.807) is 50.5 Å². The molecule has 1 aromatic carbocycles. The minimum atomic E-state index is -4.87. The first-order valence-corrected chi connectivity index (χ1v) is 14.8. The predicted octanol–water partition coefficient (Wildman–Crippen LogP) is 2.95. The van der Waals surface area contributed by atoms with Gasteiger partial charge in [-0.15, -0.1) is 0 Å². The molecule has 41 heavy (non-hydrogen) atoms. The quantitative estimate of drug-likeness (QED) is 0.132. The lowest BCUT2D eigenvalue weighted by atomic mass is 10.1. The third kappa shape index (κ3) is 8.24. The fourth-order valence-corrected chi connectivity index (χ4v) is 4.65. The van der Waals surface area contributed by atoms with Crippen LogP contribution >= 0.6 is 7.82 Å². The van der Waals surface area contributed by atoms with E-state index < -0.39 is 19.8 Å². The Morgan fingerprint density at radius 3 is 2.49 bits per heavy atom. The summed E-state index contributed by atoms with van der Waals surface area (Å²) in [5.74, 6) is 0.117. The molecule has 2 heterocycles. The van der Waals surface area contributed by atoms with Crippen molar-refractivity contribution < 1.29 is 33.6 Å². The van der Waals surface area contributed by atoms with Gasteiger partial charge in [-0.25, -0.2) is 19.4 Å². The van der Waals surface area contributed by atoms with E-state index in [2.05, 4.69) is 30.9 Å². The standard InChI is InChI=1S/C14H18N6O.C12H18NO6P/c15-14-18-12(17-9-2-3-9)11-13(19-14)20(7-16-11)10-4-1-8(5-10)6-21;1-9(2)18-13(11-7-5-4-6-8-11)10(3)12(14)19-20(15,16)17/h1,4,7-10,21H,2-3,5-6H2,(H3,15,17,18,19);4-10H,1-3H3,(H2,15,16,17)/t8-,10+;10-/m10/s1. The summed E-state index contributed by atoms with van der Waals surface area (Å²) in [6.07, 6.45) is 8.88. The summed E-state index contributed by atoms with van der Waals surface area (Å²) in [7, 11) is -4.87. The summed E-state index contributed by atoms with van der Waals surface area (Å²) in [4.78, 5) is 47.7. The minimum Gasteiger partial charge on any atom is -0.396 e. The Labute approximate surface area is 237 Å². The summed E-state index contributed by atoms with van der Waals surface area (Å²) in [5, 5.41) is 13.9. The van der Waals surface area contributed by atoms with Gasteiger partial charge in [0.05, 0.1) is 24.2 Å². The van der Waals surface area contributed by atoms with Gasteiger partial charge < -0.3 is 25.2 Å². The summed E-state index contributed by atoms with van der Waals surface area (Å²) in [5.41, 5.74) is 7.93. The number of aliphatic hydroxyl groups excluding tert-OH is 1. The number of allylic oxidation sites excluding steroid dienone is 1. The van der Waals surface area contributed by atoms with Crippen LogP contribution in [0.3, 0.4) is 0 Å². The van der Waals surface area contributed by atoms with Gasteiger partial charge >= 0.3 is 13.8 Å². The zero-order valence-electron chi connectivity index (χ0n) is 23.1. The SMILES string of the molecule is CC(C)ON(c1ccccc1)[C@@H](C)C(=O)OP(=O)(O)O.Nc1nc(NC2CC2)c2ncn([C@H]3C=C[C@@H](CO)C3)c2n1. The number of hydroxylamine groups is 1. The van der Waals surface area contributed by atoms with E-state index in [4.69, 9.17) is 20.4 Å². The van der Waals surface area contributed by atoms with Gasteiger partial charge in [0.2, 0.25) is 5.95 Å². The van der Waals surface area contributed by atoms with Crippen LogP contribution in [0, 0.1) is 5.92 Å². The zero-order valence-corrected chi connectivity index (χ0v) is 24.0. The smallest absolute Gasteiger partial charge is 0.396 e. The molecule has 6 N–H and O–H groups in total. The number of para-hydroxylation sites is 1. The summed E-state index contributed by atoms with van der Waals surface area (Å²) < 4.78 is 16.8. The molecule has 0 radical (unpaired) electrons. The number of phosphoric ester groups is 1. The lowest BCUT2D eigenvalue weighted by molar-refractivity contribution is -0.139. The Balaban J connectivity index is 0.000000189. The highest BCUT2D eigenvalue weighted by atomic mass is 31.2. The van der Waals surface area contributed by atoms with Crippen molar-refractivity contribution in [3.8, 4) is 0 Å². The molecule has 222 valence electrons. The maximum Gasteiger partial charge on any atom is 0.527 e. The second kappa shape index (κ2) is 13.0. The molecule has 0 spiro atoms. The van der Waals surface area contributed by atoms with E-state index >= 15 is 0 Å². The number of aliphatic hydroxyl groups is 1. The van der Waals surface area contributed by atoms with Gasteiger partial charge in [0.1, 0.15) is 0 Å². The van der Waals surface area contributed by atoms with E-state index in [0.717, 1.165) is 36.2 Å². The molecule has 1 fully saturated rings. The Morgan fingerprint density at radius 2 is 1.90 bits per heavy atom. The topological polar surface area (TPSA) is 198 Å². The monoisotopic (exact) mass is 589 g/mol. The lowest BCUT2D eigenvalue weighted by Crippen LogP contribution is -2.41. The Kier molecular flexibility index (Phi) is 9.61. The van der Waals surface area contributed by atoms with E-state index in [1.807, 2.05) is 10.6 Å². The van der Waals surface area contributed by atoms with Gasteiger partial charge in [0.25, 0.3) is 0 Å². The first-order chi connectivity index (χ1) is 19.4. The highest BCUT2D eigenvalue weighted by molar-refractivity contribution is 7.46. The van der Waals surface area contributed by atoms with Crippen LogP contribution in [0.5, 0.6) is 0 Å². The molecule has 15 heteroatoms. The van der Waals surface area contributed by atoms with Crippen LogP contribution in [0.4, 0.5) is 17.5 Å². The first kappa shape index (κ1) is 30.4. The average molecular weight is 590 g/mol. The number of nitrogens with two attached hydrogens (primary N) is 1. The van der Waals surface area contributed by atoms with Gasteiger partial charge in [0, 0.05) is 18.6 Å². The molecule has 2 aromatic heterocycles. The molecule has 0 bridgehead atoms. The number of hydrogen-bond donors (Lipinski definition) is 5. The summed E-state index contributed by atoms with van der Waals surface area (Å²) in [6.45, 7) is 5.16. The van der Waals surface area contributed by atoms with E-state index in [-0.39, 0.29) is 30.6 Å². The molecule has 3 aromatic rings. The molecular formula is C26H36N7O7P. The second-order valence-corrected chi connectivity index (χ2v) is 11.4. The van der Waals surface area contributed by atoms with Crippen LogP contribution in [0.25, 0.3) is 11.2 Å². The van der Waals surface area contributed by atoms with Crippen LogP contribution < -0.4 is 16.1 Å². The molecule has 3 atom stereocenters. The molecule has 14 nitrogen and oxygen atoms in total. The van der Waals surface area contributed by atoms with Crippen LogP contribution in [-0.4, -0.2) is 65.2 Å². The number of nitrogens with one attached hydrogen (secondary N) is 1. The number of benzene rings is 1. The number of nitrogen functional groups attached to an aromatic ring is 1. The number of phosphoric acid groups is 1. The van der Waals surface area contributed by atoms with Gasteiger partial charge in [-0.05, 0) is 52.2 Å². The molecule has 1 saturated carbocycles. The number of fused-ring (bicyclic) bond motifs is 1. The van der Waals surface area contributed by atoms with Crippen molar-refractivity contribution in [1.82, 2.24) is 19.5 Å². The molecule has 0 unspecified atom stereocenters. The number of carbonyl (C=O) groups excluding carboxylic acids is 1. The number of rotatable bonds is 10. The Bertz CT molecular complexity index is 1410. The molecule has 2 aliphatic rings. The number of aromatic nitrogens is 4. The van der Waals surface area contributed by atoms with E-state index in [0.29, 0.717) is 11.7 Å². The lowest BCUT2D eigenvalue weighted by Gasteiger charge is -2.30. The Hall–Kier alpha value is -3.55. The molecule has 2 aliphatic carbocycles. The van der Waals surface area contributed by atoms with Gasteiger partial charge in [0.15, 0.2) is 23.0 Å². The van der Waals surface area contributed by atoms with Crippen LogP contribution in [0.2, 0.25) is 0 Å². The fourth-order valence-electron chi connectivity index (χ4n) is 4.26. The molecule has 5 rings (SSSR count). The highest BCUT2D eigenvalue weighted by Crippen LogP contribution is 2.37. The Morgan fingerprint density at radius 1 is 1.20 bits per heavy atom. The van der Waals surface area contributed by atoms with E-state index in [1.165, 1.54) is 12.0 Å².